The van der Waals surface area contributed by atoms with E-state index in [0.717, 1.165) is 19.3 Å². The number of rotatable bonds is 1. The second-order valence-corrected chi connectivity index (χ2v) is 13.9. The summed E-state index contributed by atoms with van der Waals surface area (Å²) in [5.41, 5.74) is 12.6. The third kappa shape index (κ3) is 5.79. The van der Waals surface area contributed by atoms with Crippen LogP contribution in [-0.2, 0) is 30.6 Å². The Balaban J connectivity index is 0.000000277. The Kier molecular flexibility index (Phi) is 8.94. The van der Waals surface area contributed by atoms with Crippen molar-refractivity contribution < 1.29 is 30.6 Å². The fraction of sp³-hybridized carbons (Fsp3) is 0.800. The molecule has 0 aromatic carbocycles. The number of amides is 1. The van der Waals surface area contributed by atoms with Gasteiger partial charge in [0.25, 0.3) is 0 Å². The monoisotopic (exact) mass is 626 g/mol. The molecule has 1 radical (unpaired) electrons. The van der Waals surface area contributed by atoms with Crippen molar-refractivity contribution in [3.05, 3.63) is 28.5 Å². The Labute approximate surface area is 205 Å². The molecule has 1 unspecified atom stereocenters. The van der Waals surface area contributed by atoms with E-state index < -0.39 is 0 Å². The number of carbonyl (C=O) groups is 1. The van der Waals surface area contributed by atoms with Gasteiger partial charge >= 0.3 is 26.9 Å². The van der Waals surface area contributed by atoms with Crippen molar-refractivity contribution in [2.45, 2.75) is 98.5 Å². The molecule has 4 bridgehead atoms. The van der Waals surface area contributed by atoms with Crippen LogP contribution in [0.2, 0.25) is 11.5 Å². The molecule has 4 saturated carbocycles. The third-order valence-electron chi connectivity index (χ3n) is 7.57. The van der Waals surface area contributed by atoms with Crippen LogP contribution in [0.4, 0.5) is 0 Å². The molecule has 29 heavy (non-hydrogen) atoms. The summed E-state index contributed by atoms with van der Waals surface area (Å²) >= 11 is 0.312. The smallest absolute Gasteiger partial charge is 0 e. The molecule has 1 atom stereocenters. The first-order chi connectivity index (χ1) is 12.7. The minimum atomic E-state index is -0.285. The molecule has 0 aromatic heterocycles. The summed E-state index contributed by atoms with van der Waals surface area (Å²) < 4.78 is 0. The van der Waals surface area contributed by atoms with Crippen molar-refractivity contribution in [1.29, 1.82) is 0 Å². The summed E-state index contributed by atoms with van der Waals surface area (Å²) in [5, 5.41) is 0. The summed E-state index contributed by atoms with van der Waals surface area (Å²) in [7, 11) is 0. The Morgan fingerprint density at radius 3 is 1.45 bits per heavy atom. The van der Waals surface area contributed by atoms with Crippen molar-refractivity contribution in [1.82, 2.24) is 0 Å². The van der Waals surface area contributed by atoms with Gasteiger partial charge in [0.2, 0.25) is 0 Å². The van der Waals surface area contributed by atoms with Crippen LogP contribution in [0.1, 0.15) is 87.0 Å². The molecule has 5 aliphatic rings. The van der Waals surface area contributed by atoms with Crippen molar-refractivity contribution >= 4 is 21.3 Å². The number of hydrogen-bond acceptors (Lipinski definition) is 1. The minimum Gasteiger partial charge on any atom is 0 e. The molecule has 0 heterocycles. The van der Waals surface area contributed by atoms with Crippen LogP contribution < -0.4 is 0 Å². The Morgan fingerprint density at radius 2 is 1.28 bits per heavy atom. The zero-order chi connectivity index (χ0) is 21.5. The molecule has 5 rings (SSSR count). The van der Waals surface area contributed by atoms with Gasteiger partial charge in [0, 0.05) is 31.3 Å². The maximum Gasteiger partial charge on any atom is 0 e. The molecule has 0 aliphatic heterocycles. The maximum atomic E-state index is 11.8. The van der Waals surface area contributed by atoms with Gasteiger partial charge in [-0.1, -0.05) is 47.5 Å². The molecular formula is C25H42GeHfNO-2. The van der Waals surface area contributed by atoms with Gasteiger partial charge in [0.05, 0.1) is 5.91 Å². The first-order valence-electron chi connectivity index (χ1n) is 11.0. The standard InChI is InChI=1S/C14H23NO.C9H13.C2H7Ge.Hf/c1-11-4-12(2)6-13(3,5-11)9-14(7-11,8-12)10(15)16;1-6-5-7(2)9(4)8(6)3;1-3-2;/h4-9H2,1-3H3,(H2,15,16);6H,1-4H3;3H,1-2H3;/q;-1;;/p-1. The van der Waals surface area contributed by atoms with Crippen molar-refractivity contribution in [2.75, 3.05) is 0 Å². The average Bonchev–Trinajstić information content (AvgIpc) is 2.70. The van der Waals surface area contributed by atoms with Gasteiger partial charge in [-0.2, -0.15) is 11.1 Å². The molecular weight excluding hydrogens is 581 g/mol. The van der Waals surface area contributed by atoms with Crippen LogP contribution in [0.15, 0.2) is 16.7 Å². The van der Waals surface area contributed by atoms with Crippen molar-refractivity contribution in [3.8, 4) is 0 Å². The summed E-state index contributed by atoms with van der Waals surface area (Å²) in [5.74, 6) is 4.84. The molecule has 5 aliphatic carbocycles. The molecule has 4 fully saturated rings. The third-order valence-corrected chi connectivity index (χ3v) is 7.57. The summed E-state index contributed by atoms with van der Waals surface area (Å²) in [6, 6.07) is 0. The van der Waals surface area contributed by atoms with Gasteiger partial charge in [-0.3, -0.25) is 6.08 Å². The minimum absolute atomic E-state index is 0. The van der Waals surface area contributed by atoms with E-state index in [1.54, 1.807) is 0 Å². The van der Waals surface area contributed by atoms with E-state index in [-0.39, 0.29) is 37.2 Å². The van der Waals surface area contributed by atoms with Gasteiger partial charge in [0.15, 0.2) is 0 Å². The predicted octanol–water partition coefficient (Wildman–Crippen LogP) is 7.19. The van der Waals surface area contributed by atoms with E-state index in [4.69, 9.17) is 5.73 Å². The predicted molar refractivity (Wildman–Crippen MR) is 123 cm³/mol. The first-order valence-corrected chi connectivity index (χ1v) is 15.9. The topological polar surface area (TPSA) is 40.9 Å². The number of hydrogen-bond donors (Lipinski definition) is 0. The van der Waals surface area contributed by atoms with E-state index in [1.165, 1.54) is 36.0 Å². The maximum absolute atomic E-state index is 11.8. The van der Waals surface area contributed by atoms with E-state index >= 15 is 0 Å². The largest absolute Gasteiger partial charge is 0 e. The number of carbonyl (C=O) groups excluding carboxylic acids is 1. The summed E-state index contributed by atoms with van der Waals surface area (Å²) in [6.07, 6.45) is 10.1. The van der Waals surface area contributed by atoms with Crippen LogP contribution in [-0.4, -0.2) is 21.3 Å². The molecule has 2 nitrogen and oxygen atoms in total. The Hall–Kier alpha value is 0.363. The molecule has 0 spiro atoms. The van der Waals surface area contributed by atoms with Crippen molar-refractivity contribution in [2.24, 2.45) is 27.6 Å². The number of allylic oxidation sites excluding steroid dienone is 4. The van der Waals surface area contributed by atoms with Gasteiger partial charge in [-0.05, 0) is 54.8 Å². The van der Waals surface area contributed by atoms with Crippen LogP contribution >= 0.6 is 0 Å². The van der Waals surface area contributed by atoms with E-state index in [0.29, 0.717) is 37.6 Å². The quantitative estimate of drug-likeness (QED) is 0.225. The van der Waals surface area contributed by atoms with Gasteiger partial charge < -0.3 is 10.5 Å². The van der Waals surface area contributed by atoms with Gasteiger partial charge in [-0.25, -0.2) is 5.57 Å². The Morgan fingerprint density at radius 1 is 0.931 bits per heavy atom. The van der Waals surface area contributed by atoms with E-state index in [9.17, 15) is 4.79 Å². The normalized spacial score (nSPS) is 41.6. The zero-order valence-corrected chi connectivity index (χ0v) is 26.3. The second kappa shape index (κ2) is 9.47. The summed E-state index contributed by atoms with van der Waals surface area (Å²) in [4.78, 5) is 11.8. The zero-order valence-electron chi connectivity index (χ0n) is 20.3. The SMILES string of the molecule is CC12CC3(C)CC(C)(C1)CC(C([NH-])=O)(C2)C3.CC1=[C-]C(C)C(C)=C1C.[CH3][GeH][CH3].[Hf]. The molecule has 1 amide bonds. The molecule has 0 saturated heterocycles. The van der Waals surface area contributed by atoms with Crippen LogP contribution in [0.5, 0.6) is 0 Å². The van der Waals surface area contributed by atoms with Crippen LogP contribution in [0, 0.1) is 33.7 Å². The average molecular weight is 624 g/mol. The Bertz CT molecular complexity index is 641. The molecule has 0 aromatic rings. The van der Waals surface area contributed by atoms with E-state index in [2.05, 4.69) is 66.1 Å². The molecule has 4 heteroatoms. The van der Waals surface area contributed by atoms with Crippen LogP contribution in [0.25, 0.3) is 5.73 Å². The molecule has 163 valence electrons. The van der Waals surface area contributed by atoms with E-state index in [1.807, 2.05) is 0 Å². The summed E-state index contributed by atoms with van der Waals surface area (Å²) in [6.45, 7) is 15.7. The fourth-order valence-corrected chi connectivity index (χ4v) is 7.69. The molecule has 1 N–H and O–H groups in total. The van der Waals surface area contributed by atoms with Crippen molar-refractivity contribution in [3.63, 3.8) is 0 Å². The fourth-order valence-electron chi connectivity index (χ4n) is 7.69. The second-order valence-electron chi connectivity index (χ2n) is 11.5. The van der Waals surface area contributed by atoms with Gasteiger partial charge in [-0.15, -0.1) is 6.92 Å². The number of nitrogens with one attached hydrogen (secondary N) is 1. The van der Waals surface area contributed by atoms with Gasteiger partial charge in [0.1, 0.15) is 0 Å². The first kappa shape index (κ1) is 27.4. The van der Waals surface area contributed by atoms with Crippen LogP contribution in [0.3, 0.4) is 0 Å².